The van der Waals surface area contributed by atoms with Gasteiger partial charge < -0.3 is 15.0 Å². The van der Waals surface area contributed by atoms with Crippen LogP contribution >= 0.6 is 0 Å². The number of nitrogens with two attached hydrogens (primary N) is 1. The van der Waals surface area contributed by atoms with Gasteiger partial charge in [0.15, 0.2) is 0 Å². The summed E-state index contributed by atoms with van der Waals surface area (Å²) < 4.78 is 7.70. The third-order valence-electron chi connectivity index (χ3n) is 2.68. The highest BCUT2D eigenvalue weighted by atomic mass is 16.5. The minimum absolute atomic E-state index is 0.365. The van der Waals surface area contributed by atoms with Gasteiger partial charge in [-0.2, -0.15) is 0 Å². The predicted molar refractivity (Wildman–Crippen MR) is 74.8 cm³/mol. The molecule has 0 saturated heterocycles. The molecular weight excluding hydrogens is 238 g/mol. The summed E-state index contributed by atoms with van der Waals surface area (Å²) in [6, 6.07) is 7.71. The number of imidazole rings is 1. The Morgan fingerprint density at radius 3 is 3.05 bits per heavy atom. The van der Waals surface area contributed by atoms with Crippen LogP contribution in [0.4, 0.5) is 0 Å². The lowest BCUT2D eigenvalue weighted by Gasteiger charge is -2.06. The average Bonchev–Trinajstić information content (AvgIpc) is 2.83. The molecule has 0 aliphatic rings. The molecule has 0 atom stereocenters. The Morgan fingerprint density at radius 1 is 1.42 bits per heavy atom. The van der Waals surface area contributed by atoms with Crippen molar-refractivity contribution >= 4 is 0 Å². The van der Waals surface area contributed by atoms with E-state index in [1.165, 1.54) is 0 Å². The number of hydrogen-bond acceptors (Lipinski definition) is 3. The standard InChI is InChI=1S/C15H17N3O/c1-18-10-9-17-15(18)7-11-19-14-6-2-4-13(12-14)5-3-8-16/h2,4,6,9-10,12H,7-8,11,16H2,1H3. The zero-order valence-corrected chi connectivity index (χ0v) is 11.0. The zero-order valence-electron chi connectivity index (χ0n) is 11.0. The fraction of sp³-hybridized carbons (Fsp3) is 0.267. The van der Waals surface area contributed by atoms with E-state index in [-0.39, 0.29) is 0 Å². The van der Waals surface area contributed by atoms with Gasteiger partial charge in [0.05, 0.1) is 13.2 Å². The summed E-state index contributed by atoms with van der Waals surface area (Å²) in [7, 11) is 1.98. The van der Waals surface area contributed by atoms with Crippen LogP contribution in [0.3, 0.4) is 0 Å². The molecule has 2 N–H and O–H groups in total. The van der Waals surface area contributed by atoms with Gasteiger partial charge in [-0.05, 0) is 18.2 Å². The molecule has 0 unspecified atom stereocenters. The van der Waals surface area contributed by atoms with Gasteiger partial charge in [-0.3, -0.25) is 0 Å². The monoisotopic (exact) mass is 255 g/mol. The summed E-state index contributed by atoms with van der Waals surface area (Å²) in [5.74, 6) is 7.64. The Morgan fingerprint density at radius 2 is 2.32 bits per heavy atom. The Hall–Kier alpha value is -2.25. The van der Waals surface area contributed by atoms with E-state index < -0.39 is 0 Å². The van der Waals surface area contributed by atoms with Crippen LogP contribution in [0.5, 0.6) is 5.75 Å². The summed E-state index contributed by atoms with van der Waals surface area (Å²) >= 11 is 0. The normalized spacial score (nSPS) is 9.79. The van der Waals surface area contributed by atoms with Crippen LogP contribution in [0.1, 0.15) is 11.4 Å². The van der Waals surface area contributed by atoms with Crippen LogP contribution < -0.4 is 10.5 Å². The first-order valence-electron chi connectivity index (χ1n) is 6.17. The Balaban J connectivity index is 1.91. The van der Waals surface area contributed by atoms with E-state index in [0.717, 1.165) is 23.6 Å². The third-order valence-corrected chi connectivity index (χ3v) is 2.68. The molecule has 98 valence electrons. The molecule has 0 amide bonds. The maximum atomic E-state index is 5.70. The lowest BCUT2D eigenvalue weighted by atomic mass is 10.2. The zero-order chi connectivity index (χ0) is 13.5. The molecule has 1 aromatic heterocycles. The molecule has 0 fully saturated rings. The van der Waals surface area contributed by atoms with Gasteiger partial charge in [0, 0.05) is 31.4 Å². The Labute approximate surface area is 113 Å². The average molecular weight is 255 g/mol. The molecule has 1 heterocycles. The van der Waals surface area contributed by atoms with Gasteiger partial charge in [0.25, 0.3) is 0 Å². The van der Waals surface area contributed by atoms with Crippen LogP contribution in [-0.4, -0.2) is 22.7 Å². The van der Waals surface area contributed by atoms with Crippen molar-refractivity contribution in [3.63, 3.8) is 0 Å². The second-order valence-electron chi connectivity index (χ2n) is 4.09. The van der Waals surface area contributed by atoms with Crippen molar-refractivity contribution in [3.05, 3.63) is 48.0 Å². The van der Waals surface area contributed by atoms with Crippen molar-refractivity contribution in [2.45, 2.75) is 6.42 Å². The highest BCUT2D eigenvalue weighted by molar-refractivity contribution is 5.39. The third kappa shape index (κ3) is 3.87. The molecule has 2 rings (SSSR count). The number of ether oxygens (including phenoxy) is 1. The summed E-state index contributed by atoms with van der Waals surface area (Å²) in [5.41, 5.74) is 6.27. The largest absolute Gasteiger partial charge is 0.493 e. The van der Waals surface area contributed by atoms with E-state index in [9.17, 15) is 0 Å². The Kier molecular flexibility index (Phi) is 4.60. The first-order valence-corrected chi connectivity index (χ1v) is 6.17. The number of nitrogens with zero attached hydrogens (tertiary/aromatic N) is 2. The number of aryl methyl sites for hydroxylation is 1. The number of hydrogen-bond donors (Lipinski definition) is 1. The quantitative estimate of drug-likeness (QED) is 0.839. The van der Waals surface area contributed by atoms with Crippen molar-refractivity contribution in [1.29, 1.82) is 0 Å². The van der Waals surface area contributed by atoms with Gasteiger partial charge in [0.1, 0.15) is 11.6 Å². The van der Waals surface area contributed by atoms with E-state index in [4.69, 9.17) is 10.5 Å². The fourth-order valence-electron chi connectivity index (χ4n) is 1.71. The van der Waals surface area contributed by atoms with E-state index in [2.05, 4.69) is 16.8 Å². The SMILES string of the molecule is Cn1ccnc1CCOc1cccc(C#CCN)c1. The predicted octanol–water partition coefficient (Wildman–Crippen LogP) is 1.35. The second kappa shape index (κ2) is 6.62. The van der Waals surface area contributed by atoms with E-state index >= 15 is 0 Å². The lowest BCUT2D eigenvalue weighted by Crippen LogP contribution is -2.06. The van der Waals surface area contributed by atoms with Gasteiger partial charge in [-0.1, -0.05) is 17.9 Å². The van der Waals surface area contributed by atoms with Crippen LogP contribution in [0.15, 0.2) is 36.7 Å². The summed E-state index contributed by atoms with van der Waals surface area (Å²) in [6.07, 6.45) is 4.50. The second-order valence-corrected chi connectivity index (χ2v) is 4.09. The number of rotatable bonds is 4. The number of benzene rings is 1. The van der Waals surface area contributed by atoms with Gasteiger partial charge in [0.2, 0.25) is 0 Å². The molecule has 4 nitrogen and oxygen atoms in total. The minimum Gasteiger partial charge on any atom is -0.493 e. The van der Waals surface area contributed by atoms with Crippen molar-refractivity contribution in [3.8, 4) is 17.6 Å². The molecule has 2 aromatic rings. The van der Waals surface area contributed by atoms with Crippen molar-refractivity contribution < 1.29 is 4.74 Å². The molecule has 0 spiro atoms. The van der Waals surface area contributed by atoms with E-state index in [0.29, 0.717) is 13.2 Å². The molecule has 0 aliphatic heterocycles. The first-order chi connectivity index (χ1) is 9.29. The molecule has 0 saturated carbocycles. The van der Waals surface area contributed by atoms with Crippen molar-refractivity contribution in [2.75, 3.05) is 13.2 Å². The fourth-order valence-corrected chi connectivity index (χ4v) is 1.71. The van der Waals surface area contributed by atoms with E-state index in [1.54, 1.807) is 6.20 Å². The molecule has 1 aromatic carbocycles. The van der Waals surface area contributed by atoms with Crippen molar-refractivity contribution in [2.24, 2.45) is 12.8 Å². The highest BCUT2D eigenvalue weighted by Crippen LogP contribution is 2.12. The summed E-state index contributed by atoms with van der Waals surface area (Å²) in [6.45, 7) is 0.961. The van der Waals surface area contributed by atoms with Crippen LogP contribution in [0.2, 0.25) is 0 Å². The molecule has 0 radical (unpaired) electrons. The molecule has 0 bridgehead atoms. The van der Waals surface area contributed by atoms with Crippen LogP contribution in [-0.2, 0) is 13.5 Å². The van der Waals surface area contributed by atoms with Gasteiger partial charge in [-0.15, -0.1) is 0 Å². The molecule has 19 heavy (non-hydrogen) atoms. The smallest absolute Gasteiger partial charge is 0.120 e. The summed E-state index contributed by atoms with van der Waals surface area (Å²) in [5, 5.41) is 0. The first kappa shape index (κ1) is 13.2. The van der Waals surface area contributed by atoms with E-state index in [1.807, 2.05) is 42.1 Å². The van der Waals surface area contributed by atoms with Gasteiger partial charge >= 0.3 is 0 Å². The maximum Gasteiger partial charge on any atom is 0.120 e. The maximum absolute atomic E-state index is 5.70. The minimum atomic E-state index is 0.365. The van der Waals surface area contributed by atoms with Crippen LogP contribution in [0, 0.1) is 11.8 Å². The number of aromatic nitrogens is 2. The topological polar surface area (TPSA) is 53.1 Å². The lowest BCUT2D eigenvalue weighted by molar-refractivity contribution is 0.317. The van der Waals surface area contributed by atoms with Gasteiger partial charge in [-0.25, -0.2) is 4.98 Å². The van der Waals surface area contributed by atoms with Crippen LogP contribution in [0.25, 0.3) is 0 Å². The van der Waals surface area contributed by atoms with Crippen molar-refractivity contribution in [1.82, 2.24) is 9.55 Å². The Bertz CT molecular complexity index is 593. The summed E-state index contributed by atoms with van der Waals surface area (Å²) in [4.78, 5) is 4.25. The molecule has 0 aliphatic carbocycles. The molecule has 4 heteroatoms. The highest BCUT2D eigenvalue weighted by Gasteiger charge is 2.00. The molecular formula is C15H17N3O.